The summed E-state index contributed by atoms with van der Waals surface area (Å²) in [5.41, 5.74) is 2.74. The largest absolute Gasteiger partial charge is 0.389 e. The van der Waals surface area contributed by atoms with Crippen LogP contribution in [-0.4, -0.2) is 56.8 Å². The van der Waals surface area contributed by atoms with Crippen molar-refractivity contribution in [1.29, 1.82) is 0 Å². The van der Waals surface area contributed by atoms with Crippen molar-refractivity contribution in [3.05, 3.63) is 38.0 Å². The minimum Gasteiger partial charge on any atom is -0.389 e. The molecule has 0 radical (unpaired) electrons. The fourth-order valence-electron chi connectivity index (χ4n) is 11.1. The zero-order valence-corrected chi connectivity index (χ0v) is 30.7. The van der Waals surface area contributed by atoms with E-state index in [1.807, 2.05) is 18.2 Å². The monoisotopic (exact) mass is 650 g/mol. The smallest absolute Gasteiger partial charge is 0.173 e. The lowest BCUT2D eigenvalue weighted by Gasteiger charge is -2.67. The molecule has 2 spiro atoms. The van der Waals surface area contributed by atoms with E-state index in [0.29, 0.717) is 37.4 Å². The number of hydrogen-bond acceptors (Lipinski definition) is 5. The molecule has 1 N–H and O–H groups in total. The molecule has 2 aliphatic heterocycles. The molecule has 46 heavy (non-hydrogen) atoms. The Bertz CT molecular complexity index is 1210. The molecule has 6 rings (SSSR count). The van der Waals surface area contributed by atoms with Crippen LogP contribution in [0.15, 0.2) is 38.0 Å². The van der Waals surface area contributed by atoms with Gasteiger partial charge in [0.05, 0.1) is 32.0 Å². The van der Waals surface area contributed by atoms with Crippen LogP contribution in [0.4, 0.5) is 0 Å². The summed E-state index contributed by atoms with van der Waals surface area (Å²) in [4.78, 5) is 0. The molecule has 4 aliphatic carbocycles. The van der Waals surface area contributed by atoms with Crippen molar-refractivity contribution < 1.29 is 24.1 Å². The van der Waals surface area contributed by atoms with E-state index in [1.165, 1.54) is 0 Å². The Morgan fingerprint density at radius 1 is 0.717 bits per heavy atom. The maximum atomic E-state index is 13.1. The van der Waals surface area contributed by atoms with E-state index in [9.17, 15) is 5.11 Å². The number of ether oxygens (including phenoxy) is 4. The SMILES string of the molecule is C=CC[Si](C#CC[C@]12CCC3(CC1(O)CC[C@@H]1[C@@H]2CC[C@@]2(C)[C@H]1CCC21OCC(C)(C)CO1)OCC(C)(C)CO3)(CC=C)CC=C. The zero-order valence-electron chi connectivity index (χ0n) is 29.7. The van der Waals surface area contributed by atoms with Crippen molar-refractivity contribution in [3.63, 3.8) is 0 Å². The minimum atomic E-state index is -2.01. The van der Waals surface area contributed by atoms with Crippen LogP contribution in [0.1, 0.15) is 98.8 Å². The molecule has 0 aromatic rings. The Hall–Kier alpha value is -1.20. The lowest BCUT2D eigenvalue weighted by Crippen LogP contribution is -2.68. The van der Waals surface area contributed by atoms with Crippen LogP contribution >= 0.6 is 0 Å². The molecule has 2 heterocycles. The normalized spacial score (nSPS) is 40.1. The third-order valence-corrected chi connectivity index (χ3v) is 17.6. The highest BCUT2D eigenvalue weighted by atomic mass is 28.3. The van der Waals surface area contributed by atoms with Crippen LogP contribution in [0.2, 0.25) is 18.1 Å². The minimum absolute atomic E-state index is 0.00824. The fraction of sp³-hybridized carbons (Fsp3) is 0.800. The Balaban J connectivity index is 1.34. The van der Waals surface area contributed by atoms with Gasteiger partial charge < -0.3 is 24.1 Å². The molecule has 256 valence electrons. The number of fused-ring (bicyclic) bond motifs is 6. The molecule has 0 amide bonds. The molecule has 6 heteroatoms. The van der Waals surface area contributed by atoms with Gasteiger partial charge in [-0.3, -0.25) is 0 Å². The highest BCUT2D eigenvalue weighted by molar-refractivity contribution is 6.88. The summed E-state index contributed by atoms with van der Waals surface area (Å²) in [5.74, 6) is 4.10. The third-order valence-electron chi connectivity index (χ3n) is 13.7. The predicted molar refractivity (Wildman–Crippen MR) is 188 cm³/mol. The van der Waals surface area contributed by atoms with Crippen LogP contribution in [0.3, 0.4) is 0 Å². The first-order valence-electron chi connectivity index (χ1n) is 18.3. The Morgan fingerprint density at radius 2 is 1.28 bits per heavy atom. The molecule has 4 saturated carbocycles. The predicted octanol–water partition coefficient (Wildman–Crippen LogP) is 8.60. The second-order valence-corrected chi connectivity index (χ2v) is 22.2. The van der Waals surface area contributed by atoms with Gasteiger partial charge in [0.1, 0.15) is 8.07 Å². The molecule has 5 nitrogen and oxygen atoms in total. The Labute approximate surface area is 280 Å². The highest BCUT2D eigenvalue weighted by Gasteiger charge is 2.71. The zero-order chi connectivity index (χ0) is 33.1. The summed E-state index contributed by atoms with van der Waals surface area (Å²) in [5, 5.41) is 13.1. The van der Waals surface area contributed by atoms with Gasteiger partial charge in [0.15, 0.2) is 11.6 Å². The summed E-state index contributed by atoms with van der Waals surface area (Å²) >= 11 is 0. The van der Waals surface area contributed by atoms with Crippen LogP contribution in [-0.2, 0) is 18.9 Å². The number of rotatable bonds is 7. The molecule has 6 aliphatic rings. The van der Waals surface area contributed by atoms with Gasteiger partial charge in [-0.05, 0) is 74.4 Å². The van der Waals surface area contributed by atoms with Gasteiger partial charge >= 0.3 is 0 Å². The molecular formula is C40H62O5Si. The lowest BCUT2D eigenvalue weighted by molar-refractivity contribution is -0.364. The number of allylic oxidation sites excluding steroid dienone is 3. The van der Waals surface area contributed by atoms with E-state index in [4.69, 9.17) is 18.9 Å². The van der Waals surface area contributed by atoms with Gasteiger partial charge in [0, 0.05) is 47.3 Å². The van der Waals surface area contributed by atoms with Gasteiger partial charge in [-0.1, -0.05) is 52.8 Å². The summed E-state index contributed by atoms with van der Waals surface area (Å²) in [7, 11) is -2.01. The van der Waals surface area contributed by atoms with E-state index < -0.39 is 25.2 Å². The molecule has 2 saturated heterocycles. The van der Waals surface area contributed by atoms with Crippen LogP contribution < -0.4 is 0 Å². The molecule has 6 atom stereocenters. The van der Waals surface area contributed by atoms with Gasteiger partial charge in [0.2, 0.25) is 0 Å². The van der Waals surface area contributed by atoms with Crippen molar-refractivity contribution >= 4 is 8.07 Å². The van der Waals surface area contributed by atoms with Crippen molar-refractivity contribution in [3.8, 4) is 11.5 Å². The summed E-state index contributed by atoms with van der Waals surface area (Å²) < 4.78 is 26.7. The molecule has 0 bridgehead atoms. The lowest BCUT2D eigenvalue weighted by atomic mass is 9.42. The van der Waals surface area contributed by atoms with Crippen LogP contribution in [0.25, 0.3) is 0 Å². The van der Waals surface area contributed by atoms with E-state index in [-0.39, 0.29) is 21.7 Å². The van der Waals surface area contributed by atoms with Gasteiger partial charge in [0.25, 0.3) is 0 Å². The van der Waals surface area contributed by atoms with Gasteiger partial charge in [-0.2, -0.15) is 0 Å². The van der Waals surface area contributed by atoms with Crippen LogP contribution in [0, 0.1) is 50.9 Å². The van der Waals surface area contributed by atoms with Gasteiger partial charge in [-0.25, -0.2) is 0 Å². The van der Waals surface area contributed by atoms with E-state index in [2.05, 4.69) is 65.8 Å². The highest BCUT2D eigenvalue weighted by Crippen LogP contribution is 2.72. The third kappa shape index (κ3) is 5.58. The fourth-order valence-corrected chi connectivity index (χ4v) is 14.1. The standard InChI is InChI=1S/C40H62O5Si/c1-9-22-46(23-10-2,24-11-3)25-12-16-37-20-21-39(42-27-34(4,5)28-43-39)26-38(37,41)18-13-31-32-15-19-40(36(32,8)17-14-33(31)37)44-29-35(6,7)30-45-40/h9-11,31-33,41H,1-3,13-24,26-30H2,4-8H3/t31-,32-,33-,36-,37+,38?/m0/s1. The van der Waals surface area contributed by atoms with Crippen molar-refractivity contribution in [2.75, 3.05) is 26.4 Å². The van der Waals surface area contributed by atoms with Crippen molar-refractivity contribution in [1.82, 2.24) is 0 Å². The molecule has 0 aromatic carbocycles. The second kappa shape index (κ2) is 12.0. The van der Waals surface area contributed by atoms with Gasteiger partial charge in [-0.15, -0.1) is 31.2 Å². The number of aliphatic hydroxyl groups is 1. The molecule has 1 unspecified atom stereocenters. The first kappa shape index (κ1) is 34.7. The van der Waals surface area contributed by atoms with E-state index in [0.717, 1.165) is 89.1 Å². The quantitative estimate of drug-likeness (QED) is 0.170. The first-order valence-corrected chi connectivity index (χ1v) is 20.9. The van der Waals surface area contributed by atoms with Crippen molar-refractivity contribution in [2.24, 2.45) is 39.4 Å². The maximum absolute atomic E-state index is 13.1. The number of hydrogen-bond donors (Lipinski definition) is 1. The van der Waals surface area contributed by atoms with Crippen molar-refractivity contribution in [2.45, 2.75) is 134 Å². The van der Waals surface area contributed by atoms with E-state index >= 15 is 0 Å². The second-order valence-electron chi connectivity index (χ2n) is 18.2. The maximum Gasteiger partial charge on any atom is 0.173 e. The molecule has 0 aromatic heterocycles. The molecule has 6 fully saturated rings. The average molecular weight is 651 g/mol. The summed E-state index contributed by atoms with van der Waals surface area (Å²) in [6, 6.07) is 2.80. The Morgan fingerprint density at radius 3 is 1.87 bits per heavy atom. The topological polar surface area (TPSA) is 57.2 Å². The van der Waals surface area contributed by atoms with E-state index in [1.54, 1.807) is 0 Å². The Kier molecular flexibility index (Phi) is 9.03. The molecular weight excluding hydrogens is 589 g/mol. The average Bonchev–Trinajstić information content (AvgIpc) is 3.29. The summed E-state index contributed by atoms with van der Waals surface area (Å²) in [6.45, 7) is 26.5. The van der Waals surface area contributed by atoms with Crippen LogP contribution in [0.5, 0.6) is 0 Å². The summed E-state index contributed by atoms with van der Waals surface area (Å²) in [6.07, 6.45) is 15.2. The first-order chi connectivity index (χ1) is 21.7.